The van der Waals surface area contributed by atoms with E-state index in [1.807, 2.05) is 22.6 Å². The lowest BCUT2D eigenvalue weighted by atomic mass is 10.3. The van der Waals surface area contributed by atoms with Crippen molar-refractivity contribution in [2.75, 3.05) is 6.54 Å². The molecule has 0 bridgehead atoms. The van der Waals surface area contributed by atoms with Crippen molar-refractivity contribution in [3.8, 4) is 0 Å². The van der Waals surface area contributed by atoms with E-state index in [4.69, 9.17) is 0 Å². The molecule has 1 unspecified atom stereocenters. The molecule has 0 aromatic carbocycles. The van der Waals surface area contributed by atoms with Crippen LogP contribution in [-0.2, 0) is 6.54 Å². The molecule has 1 atom stereocenters. The second kappa shape index (κ2) is 5.23. The van der Waals surface area contributed by atoms with Crippen LogP contribution in [0, 0.1) is 6.92 Å². The van der Waals surface area contributed by atoms with Crippen LogP contribution in [0.4, 0.5) is 0 Å². The van der Waals surface area contributed by atoms with Crippen molar-refractivity contribution in [2.24, 2.45) is 0 Å². The Morgan fingerprint density at radius 3 is 3.00 bits per heavy atom. The molecule has 0 fully saturated rings. The second-order valence-corrected chi connectivity index (χ2v) is 4.78. The Labute approximate surface area is 99.3 Å². The quantitative estimate of drug-likeness (QED) is 0.863. The summed E-state index contributed by atoms with van der Waals surface area (Å²) in [6.45, 7) is 6.02. The van der Waals surface area contributed by atoms with Crippen LogP contribution in [0.15, 0.2) is 24.1 Å². The zero-order valence-electron chi connectivity index (χ0n) is 9.55. The normalized spacial score (nSPS) is 12.9. The van der Waals surface area contributed by atoms with E-state index in [0.717, 1.165) is 13.1 Å². The number of aryl methyl sites for hydroxylation is 1. The highest BCUT2D eigenvalue weighted by Crippen LogP contribution is 2.15. The maximum atomic E-state index is 4.24. The number of rotatable bonds is 5. The van der Waals surface area contributed by atoms with Crippen LogP contribution >= 0.6 is 11.3 Å². The van der Waals surface area contributed by atoms with Gasteiger partial charge < -0.3 is 5.32 Å². The predicted molar refractivity (Wildman–Crippen MR) is 65.5 cm³/mol. The molecular formula is C11H16N4S. The standard InChI is InChI=1S/C11H16N4S/c1-9-5-14-15(7-9)4-3-13-10(2)11-6-12-8-16-11/h5-8,10,13H,3-4H2,1-2H3. The van der Waals surface area contributed by atoms with Gasteiger partial charge >= 0.3 is 0 Å². The number of nitrogens with zero attached hydrogens (tertiary/aromatic N) is 3. The zero-order chi connectivity index (χ0) is 11.4. The summed E-state index contributed by atoms with van der Waals surface area (Å²) in [7, 11) is 0. The van der Waals surface area contributed by atoms with Crippen molar-refractivity contribution in [3.05, 3.63) is 34.5 Å². The fourth-order valence-electron chi connectivity index (χ4n) is 1.52. The van der Waals surface area contributed by atoms with Gasteiger partial charge in [-0.05, 0) is 19.4 Å². The summed E-state index contributed by atoms with van der Waals surface area (Å²) in [5.74, 6) is 0. The summed E-state index contributed by atoms with van der Waals surface area (Å²) in [6, 6.07) is 0.365. The number of aromatic nitrogens is 3. The van der Waals surface area contributed by atoms with Gasteiger partial charge in [-0.15, -0.1) is 11.3 Å². The van der Waals surface area contributed by atoms with Gasteiger partial charge in [-0.2, -0.15) is 5.10 Å². The van der Waals surface area contributed by atoms with E-state index in [1.54, 1.807) is 11.3 Å². The van der Waals surface area contributed by atoms with Gasteiger partial charge in [0.1, 0.15) is 0 Å². The molecule has 2 aromatic heterocycles. The van der Waals surface area contributed by atoms with Crippen molar-refractivity contribution in [3.63, 3.8) is 0 Å². The van der Waals surface area contributed by atoms with Gasteiger partial charge in [0.25, 0.3) is 0 Å². The van der Waals surface area contributed by atoms with Gasteiger partial charge in [0.05, 0.1) is 18.3 Å². The summed E-state index contributed by atoms with van der Waals surface area (Å²) in [6.07, 6.45) is 5.85. The summed E-state index contributed by atoms with van der Waals surface area (Å²) in [5, 5.41) is 7.69. The molecule has 4 nitrogen and oxygen atoms in total. The SMILES string of the molecule is Cc1cnn(CCNC(C)c2cncs2)c1. The molecule has 2 aromatic rings. The largest absolute Gasteiger partial charge is 0.308 e. The summed E-state index contributed by atoms with van der Waals surface area (Å²) >= 11 is 1.69. The predicted octanol–water partition coefficient (Wildman–Crippen LogP) is 2.00. The molecule has 2 heterocycles. The first kappa shape index (κ1) is 11.3. The molecule has 0 radical (unpaired) electrons. The van der Waals surface area contributed by atoms with E-state index in [9.17, 15) is 0 Å². The van der Waals surface area contributed by atoms with Crippen LogP contribution in [0.1, 0.15) is 23.4 Å². The van der Waals surface area contributed by atoms with Crippen LogP contribution in [0.3, 0.4) is 0 Å². The Balaban J connectivity index is 1.76. The molecule has 0 aliphatic carbocycles. The molecule has 1 N–H and O–H groups in total. The molecule has 16 heavy (non-hydrogen) atoms. The first-order valence-electron chi connectivity index (χ1n) is 5.36. The summed E-state index contributed by atoms with van der Waals surface area (Å²) in [5.41, 5.74) is 3.07. The van der Waals surface area contributed by atoms with Crippen LogP contribution in [0.5, 0.6) is 0 Å². The molecule has 2 rings (SSSR count). The lowest BCUT2D eigenvalue weighted by Gasteiger charge is -2.11. The molecule has 0 saturated carbocycles. The van der Waals surface area contributed by atoms with E-state index < -0.39 is 0 Å². The molecule has 0 spiro atoms. The third-order valence-corrected chi connectivity index (χ3v) is 3.39. The van der Waals surface area contributed by atoms with Crippen molar-refractivity contribution >= 4 is 11.3 Å². The Bertz CT molecular complexity index is 421. The number of hydrogen-bond donors (Lipinski definition) is 1. The lowest BCUT2D eigenvalue weighted by molar-refractivity contribution is 0.511. The number of thiazole rings is 1. The molecule has 0 aliphatic heterocycles. The average Bonchev–Trinajstić information content (AvgIpc) is 2.89. The van der Waals surface area contributed by atoms with Crippen molar-refractivity contribution in [1.29, 1.82) is 0 Å². The second-order valence-electron chi connectivity index (χ2n) is 3.86. The van der Waals surface area contributed by atoms with Crippen molar-refractivity contribution < 1.29 is 0 Å². The molecule has 0 amide bonds. The molecule has 5 heteroatoms. The van der Waals surface area contributed by atoms with Gasteiger partial charge in [-0.1, -0.05) is 0 Å². The first-order valence-corrected chi connectivity index (χ1v) is 6.24. The van der Waals surface area contributed by atoms with Gasteiger partial charge in [-0.3, -0.25) is 9.67 Å². The van der Waals surface area contributed by atoms with Gasteiger partial charge in [-0.25, -0.2) is 0 Å². The minimum absolute atomic E-state index is 0.365. The topological polar surface area (TPSA) is 42.7 Å². The fourth-order valence-corrected chi connectivity index (χ4v) is 2.18. The van der Waals surface area contributed by atoms with E-state index in [0.29, 0.717) is 6.04 Å². The highest BCUT2D eigenvalue weighted by Gasteiger charge is 2.05. The minimum atomic E-state index is 0.365. The summed E-state index contributed by atoms with van der Waals surface area (Å²) < 4.78 is 1.96. The van der Waals surface area contributed by atoms with Gasteiger partial charge in [0.15, 0.2) is 0 Å². The van der Waals surface area contributed by atoms with Gasteiger partial charge in [0.2, 0.25) is 0 Å². The maximum Gasteiger partial charge on any atom is 0.0794 e. The average molecular weight is 236 g/mol. The van der Waals surface area contributed by atoms with Crippen LogP contribution in [0.2, 0.25) is 0 Å². The third kappa shape index (κ3) is 2.90. The Kier molecular flexibility index (Phi) is 3.69. The molecule has 0 saturated heterocycles. The monoisotopic (exact) mass is 236 g/mol. The maximum absolute atomic E-state index is 4.24. The Morgan fingerprint density at radius 2 is 2.38 bits per heavy atom. The Hall–Kier alpha value is -1.20. The molecule has 86 valence electrons. The lowest BCUT2D eigenvalue weighted by Crippen LogP contribution is -2.22. The van der Waals surface area contributed by atoms with E-state index in [2.05, 4.69) is 35.4 Å². The van der Waals surface area contributed by atoms with Crippen LogP contribution in [-0.4, -0.2) is 21.3 Å². The smallest absolute Gasteiger partial charge is 0.0794 e. The fraction of sp³-hybridized carbons (Fsp3) is 0.455. The number of nitrogens with one attached hydrogen (secondary N) is 1. The van der Waals surface area contributed by atoms with E-state index in [1.165, 1.54) is 10.4 Å². The highest BCUT2D eigenvalue weighted by atomic mass is 32.1. The van der Waals surface area contributed by atoms with E-state index >= 15 is 0 Å². The van der Waals surface area contributed by atoms with E-state index in [-0.39, 0.29) is 0 Å². The Morgan fingerprint density at radius 1 is 1.50 bits per heavy atom. The molecule has 0 aliphatic rings. The third-order valence-electron chi connectivity index (χ3n) is 2.43. The first-order chi connectivity index (χ1) is 7.75. The van der Waals surface area contributed by atoms with Crippen molar-refractivity contribution in [2.45, 2.75) is 26.4 Å². The van der Waals surface area contributed by atoms with Crippen molar-refractivity contribution in [1.82, 2.24) is 20.1 Å². The minimum Gasteiger partial charge on any atom is -0.308 e. The molecular weight excluding hydrogens is 220 g/mol. The highest BCUT2D eigenvalue weighted by molar-refractivity contribution is 7.09. The van der Waals surface area contributed by atoms with Crippen LogP contribution in [0.25, 0.3) is 0 Å². The van der Waals surface area contributed by atoms with Gasteiger partial charge in [0, 0.05) is 29.9 Å². The number of hydrogen-bond acceptors (Lipinski definition) is 4. The summed E-state index contributed by atoms with van der Waals surface area (Å²) in [4.78, 5) is 5.35. The van der Waals surface area contributed by atoms with Crippen LogP contribution < -0.4 is 5.32 Å². The zero-order valence-corrected chi connectivity index (χ0v) is 10.4.